The van der Waals surface area contributed by atoms with Crippen molar-refractivity contribution in [2.75, 3.05) is 19.0 Å². The molecule has 0 aliphatic carbocycles. The molecule has 0 fully saturated rings. The fourth-order valence-electron chi connectivity index (χ4n) is 3.12. The number of nitriles is 1. The van der Waals surface area contributed by atoms with Gasteiger partial charge in [-0.05, 0) is 61.0 Å². The Kier molecular flexibility index (Phi) is 9.51. The average molecular weight is 570 g/mol. The summed E-state index contributed by atoms with van der Waals surface area (Å²) in [6.45, 7) is 2.47. The summed E-state index contributed by atoms with van der Waals surface area (Å²) < 4.78 is 16.9. The lowest BCUT2D eigenvalue weighted by Crippen LogP contribution is -2.13. The highest BCUT2D eigenvalue weighted by Gasteiger charge is 2.15. The number of esters is 1. The summed E-state index contributed by atoms with van der Waals surface area (Å²) in [6.07, 6.45) is 1.45. The third-order valence-corrected chi connectivity index (χ3v) is 5.99. The first-order chi connectivity index (χ1) is 17.4. The lowest BCUT2D eigenvalue weighted by Gasteiger charge is -2.15. The molecule has 7 nitrogen and oxygen atoms in total. The molecule has 0 atom stereocenters. The van der Waals surface area contributed by atoms with Gasteiger partial charge in [0.2, 0.25) is 0 Å². The summed E-state index contributed by atoms with van der Waals surface area (Å²) in [5.74, 6) is -0.156. The van der Waals surface area contributed by atoms with Crippen LogP contribution in [0.5, 0.6) is 11.5 Å². The second-order valence-electron chi connectivity index (χ2n) is 7.33. The van der Waals surface area contributed by atoms with Crippen LogP contribution in [0.3, 0.4) is 0 Å². The zero-order valence-electron chi connectivity index (χ0n) is 19.5. The minimum atomic E-state index is -0.604. The molecule has 0 aliphatic rings. The van der Waals surface area contributed by atoms with Crippen molar-refractivity contribution in [1.29, 1.82) is 5.26 Å². The van der Waals surface area contributed by atoms with Crippen LogP contribution in [0.15, 0.2) is 70.7 Å². The number of ether oxygens (including phenoxy) is 3. The van der Waals surface area contributed by atoms with Gasteiger partial charge in [-0.25, -0.2) is 4.79 Å². The topological polar surface area (TPSA) is 97.7 Å². The van der Waals surface area contributed by atoms with Gasteiger partial charge in [-0.15, -0.1) is 0 Å². The van der Waals surface area contributed by atoms with Crippen molar-refractivity contribution in [1.82, 2.24) is 0 Å². The summed E-state index contributed by atoms with van der Waals surface area (Å²) in [6, 6.07) is 18.8. The Bertz CT molecular complexity index is 1330. The largest absolute Gasteiger partial charge is 0.490 e. The average Bonchev–Trinajstić information content (AvgIpc) is 2.88. The number of hydrogen-bond donors (Lipinski definition) is 1. The van der Waals surface area contributed by atoms with E-state index in [-0.39, 0.29) is 12.2 Å². The van der Waals surface area contributed by atoms with Crippen LogP contribution in [0, 0.1) is 11.3 Å². The fourth-order valence-corrected chi connectivity index (χ4v) is 3.75. The Morgan fingerprint density at radius 1 is 1.08 bits per heavy atom. The first-order valence-corrected chi connectivity index (χ1v) is 12.0. The van der Waals surface area contributed by atoms with Crippen molar-refractivity contribution < 1.29 is 23.8 Å². The predicted octanol–water partition coefficient (Wildman–Crippen LogP) is 6.41. The smallest absolute Gasteiger partial charge is 0.337 e. The van der Waals surface area contributed by atoms with E-state index in [0.717, 1.165) is 5.56 Å². The molecular weight excluding hydrogens is 548 g/mol. The second-order valence-corrected chi connectivity index (χ2v) is 8.59. The molecule has 0 aliphatic heterocycles. The van der Waals surface area contributed by atoms with Crippen LogP contribution in [0.4, 0.5) is 5.69 Å². The van der Waals surface area contributed by atoms with E-state index in [2.05, 4.69) is 26.0 Å². The number of rotatable bonds is 9. The molecule has 0 saturated heterocycles. The summed E-state index contributed by atoms with van der Waals surface area (Å²) in [5, 5.41) is 12.9. The summed E-state index contributed by atoms with van der Waals surface area (Å²) >= 11 is 9.70. The molecule has 3 rings (SSSR count). The first kappa shape index (κ1) is 26.8. The minimum Gasteiger partial charge on any atom is -0.490 e. The molecule has 0 unspecified atom stereocenters. The van der Waals surface area contributed by atoms with E-state index in [1.807, 2.05) is 31.2 Å². The molecule has 184 valence electrons. The van der Waals surface area contributed by atoms with Gasteiger partial charge in [0, 0.05) is 20.7 Å². The van der Waals surface area contributed by atoms with Gasteiger partial charge in [0.25, 0.3) is 5.91 Å². The zero-order chi connectivity index (χ0) is 26.1. The molecule has 9 heteroatoms. The van der Waals surface area contributed by atoms with E-state index in [1.54, 1.807) is 30.3 Å². The van der Waals surface area contributed by atoms with E-state index in [9.17, 15) is 14.9 Å². The van der Waals surface area contributed by atoms with E-state index in [1.165, 1.54) is 25.3 Å². The Balaban J connectivity index is 1.82. The quantitative estimate of drug-likeness (QED) is 0.182. The van der Waals surface area contributed by atoms with Crippen molar-refractivity contribution in [3.8, 4) is 17.6 Å². The molecule has 1 N–H and O–H groups in total. The summed E-state index contributed by atoms with van der Waals surface area (Å²) in [7, 11) is 1.29. The van der Waals surface area contributed by atoms with Crippen molar-refractivity contribution >= 4 is 51.2 Å². The van der Waals surface area contributed by atoms with E-state index >= 15 is 0 Å². The maximum atomic E-state index is 12.7. The SMILES string of the molecule is CCOc1cc(/C=C(\C#N)C(=O)Nc2ccc(C(=O)OC)cc2)c(Br)cc1OCc1ccccc1Cl. The van der Waals surface area contributed by atoms with E-state index in [4.69, 9.17) is 21.1 Å². The predicted molar refractivity (Wildman–Crippen MR) is 141 cm³/mol. The molecule has 0 spiro atoms. The highest BCUT2D eigenvalue weighted by Crippen LogP contribution is 2.36. The standard InChI is InChI=1S/C27H22BrClN2O5/c1-3-35-24-13-19(22(28)14-25(24)36-16-18-6-4-5-7-23(18)29)12-20(15-30)26(32)31-21-10-8-17(9-11-21)27(33)34-2/h4-14H,3,16H2,1-2H3,(H,31,32)/b20-12+. The van der Waals surface area contributed by atoms with Crippen LogP contribution in [0.25, 0.3) is 6.08 Å². The van der Waals surface area contributed by atoms with Gasteiger partial charge in [0.15, 0.2) is 11.5 Å². The summed E-state index contributed by atoms with van der Waals surface area (Å²) in [5.41, 5.74) is 2.02. The molecule has 3 aromatic carbocycles. The van der Waals surface area contributed by atoms with Crippen molar-refractivity contribution in [3.05, 3.63) is 92.4 Å². The number of carbonyl (C=O) groups is 2. The Labute approximate surface area is 222 Å². The zero-order valence-corrected chi connectivity index (χ0v) is 21.9. The van der Waals surface area contributed by atoms with Gasteiger partial charge < -0.3 is 19.5 Å². The Morgan fingerprint density at radius 2 is 1.78 bits per heavy atom. The lowest BCUT2D eigenvalue weighted by molar-refractivity contribution is -0.112. The van der Waals surface area contributed by atoms with Crippen molar-refractivity contribution in [2.24, 2.45) is 0 Å². The summed E-state index contributed by atoms with van der Waals surface area (Å²) in [4.78, 5) is 24.3. The number of nitrogens with one attached hydrogen (secondary N) is 1. The van der Waals surface area contributed by atoms with E-state index in [0.29, 0.717) is 44.4 Å². The number of halogens is 2. The highest BCUT2D eigenvalue weighted by atomic mass is 79.9. The third-order valence-electron chi connectivity index (χ3n) is 4.93. The third kappa shape index (κ3) is 6.87. The van der Waals surface area contributed by atoms with Gasteiger partial charge in [-0.1, -0.05) is 45.7 Å². The van der Waals surface area contributed by atoms with Crippen LogP contribution in [-0.2, 0) is 16.1 Å². The number of hydrogen-bond acceptors (Lipinski definition) is 6. The van der Waals surface area contributed by atoms with Gasteiger partial charge in [0.1, 0.15) is 18.2 Å². The van der Waals surface area contributed by atoms with Gasteiger partial charge >= 0.3 is 5.97 Å². The Morgan fingerprint density at radius 3 is 2.42 bits per heavy atom. The maximum absolute atomic E-state index is 12.7. The molecular formula is C27H22BrClN2O5. The van der Waals surface area contributed by atoms with Gasteiger partial charge in [-0.3, -0.25) is 4.79 Å². The molecule has 1 amide bonds. The monoisotopic (exact) mass is 568 g/mol. The molecule has 0 bridgehead atoms. The van der Waals surface area contributed by atoms with E-state index < -0.39 is 11.9 Å². The number of carbonyl (C=O) groups excluding carboxylic acids is 2. The number of methoxy groups -OCH3 is 1. The van der Waals surface area contributed by atoms with Crippen LogP contribution < -0.4 is 14.8 Å². The normalized spacial score (nSPS) is 10.8. The molecule has 0 heterocycles. The van der Waals surface area contributed by atoms with Gasteiger partial charge in [-0.2, -0.15) is 5.26 Å². The molecule has 0 aromatic heterocycles. The number of amides is 1. The minimum absolute atomic E-state index is 0.125. The first-order valence-electron chi connectivity index (χ1n) is 10.8. The highest BCUT2D eigenvalue weighted by molar-refractivity contribution is 9.10. The van der Waals surface area contributed by atoms with Crippen molar-refractivity contribution in [2.45, 2.75) is 13.5 Å². The molecule has 3 aromatic rings. The van der Waals surface area contributed by atoms with Gasteiger partial charge in [0.05, 0.1) is 19.3 Å². The lowest BCUT2D eigenvalue weighted by atomic mass is 10.1. The Hall–Kier alpha value is -3.80. The fraction of sp³-hybridized carbons (Fsp3) is 0.148. The van der Waals surface area contributed by atoms with Crippen molar-refractivity contribution in [3.63, 3.8) is 0 Å². The van der Waals surface area contributed by atoms with Crippen LogP contribution in [-0.4, -0.2) is 25.6 Å². The number of benzene rings is 3. The number of nitrogens with zero attached hydrogens (tertiary/aromatic N) is 1. The second kappa shape index (κ2) is 12.8. The molecule has 0 saturated carbocycles. The number of anilines is 1. The maximum Gasteiger partial charge on any atom is 0.337 e. The molecule has 0 radical (unpaired) electrons. The molecule has 36 heavy (non-hydrogen) atoms. The van der Waals surface area contributed by atoms with Crippen LogP contribution >= 0.6 is 27.5 Å². The van der Waals surface area contributed by atoms with Crippen LogP contribution in [0.2, 0.25) is 5.02 Å². The van der Waals surface area contributed by atoms with Crippen LogP contribution in [0.1, 0.15) is 28.4 Å².